The molecule has 0 fully saturated rings. The summed E-state index contributed by atoms with van der Waals surface area (Å²) in [6.07, 6.45) is 4.52. The molecule has 4 aromatic rings. The number of furan rings is 1. The van der Waals surface area contributed by atoms with Crippen molar-refractivity contribution in [3.05, 3.63) is 94.8 Å². The van der Waals surface area contributed by atoms with Crippen LogP contribution in [0.3, 0.4) is 0 Å². The fourth-order valence-corrected chi connectivity index (χ4v) is 4.00. The van der Waals surface area contributed by atoms with Crippen LogP contribution in [-0.2, 0) is 17.8 Å². The number of aryl methyl sites for hydroxylation is 2. The lowest BCUT2D eigenvalue weighted by atomic mass is 9.86. The van der Waals surface area contributed by atoms with Crippen molar-refractivity contribution in [1.29, 1.82) is 0 Å². The fraction of sp³-hybridized carbons (Fsp3) is 0.240. The maximum atomic E-state index is 14.9. The van der Waals surface area contributed by atoms with E-state index in [0.717, 1.165) is 28.5 Å². The van der Waals surface area contributed by atoms with E-state index in [1.54, 1.807) is 18.4 Å². The minimum absolute atomic E-state index is 0.143. The lowest BCUT2D eigenvalue weighted by Gasteiger charge is -2.18. The number of rotatable bonds is 7. The summed E-state index contributed by atoms with van der Waals surface area (Å²) in [5, 5.41) is 3.91. The second kappa shape index (κ2) is 8.57. The van der Waals surface area contributed by atoms with Gasteiger partial charge in [-0.1, -0.05) is 42.8 Å². The molecule has 1 atom stereocenters. The third-order valence-corrected chi connectivity index (χ3v) is 5.55. The molecule has 2 aromatic heterocycles. The second-order valence-corrected chi connectivity index (χ2v) is 7.58. The lowest BCUT2D eigenvalue weighted by molar-refractivity contribution is -0.121. The van der Waals surface area contributed by atoms with Gasteiger partial charge in [0.25, 0.3) is 0 Å². The second-order valence-electron chi connectivity index (χ2n) is 7.58. The largest absolute Gasteiger partial charge is 0.467 e. The monoisotopic (exact) mass is 404 g/mol. The minimum atomic E-state index is -0.401. The predicted octanol–water partition coefficient (Wildman–Crippen LogP) is 5.61. The van der Waals surface area contributed by atoms with Crippen LogP contribution in [0.5, 0.6) is 0 Å². The number of H-pyrrole nitrogens is 1. The molecule has 30 heavy (non-hydrogen) atoms. The average Bonchev–Trinajstić information content (AvgIpc) is 3.42. The Morgan fingerprint density at radius 2 is 2.03 bits per heavy atom. The highest BCUT2D eigenvalue weighted by atomic mass is 19.1. The number of fused-ring (bicyclic) bond motifs is 1. The van der Waals surface area contributed by atoms with Crippen LogP contribution in [0.25, 0.3) is 10.9 Å². The van der Waals surface area contributed by atoms with Crippen molar-refractivity contribution in [2.24, 2.45) is 0 Å². The fourth-order valence-electron chi connectivity index (χ4n) is 4.00. The van der Waals surface area contributed by atoms with E-state index < -0.39 is 5.92 Å². The number of halogens is 1. The smallest absolute Gasteiger partial charge is 0.221 e. The number of benzene rings is 2. The maximum absolute atomic E-state index is 14.9. The predicted molar refractivity (Wildman–Crippen MR) is 116 cm³/mol. The van der Waals surface area contributed by atoms with Crippen LogP contribution < -0.4 is 5.32 Å². The Morgan fingerprint density at radius 1 is 1.17 bits per heavy atom. The zero-order valence-corrected chi connectivity index (χ0v) is 17.2. The third-order valence-electron chi connectivity index (χ3n) is 5.55. The molecular formula is C25H25FN2O2. The van der Waals surface area contributed by atoms with Crippen molar-refractivity contribution in [1.82, 2.24) is 10.3 Å². The Bertz CT molecular complexity index is 1160. The van der Waals surface area contributed by atoms with Crippen molar-refractivity contribution in [3.63, 3.8) is 0 Å². The van der Waals surface area contributed by atoms with Crippen LogP contribution in [-0.4, -0.2) is 10.9 Å². The van der Waals surface area contributed by atoms with E-state index in [1.165, 1.54) is 11.6 Å². The first-order chi connectivity index (χ1) is 14.6. The topological polar surface area (TPSA) is 58.0 Å². The van der Waals surface area contributed by atoms with Gasteiger partial charge in [-0.25, -0.2) is 4.39 Å². The van der Waals surface area contributed by atoms with Gasteiger partial charge in [-0.3, -0.25) is 4.79 Å². The number of amides is 1. The number of para-hydroxylation sites is 1. The molecule has 1 unspecified atom stereocenters. The summed E-state index contributed by atoms with van der Waals surface area (Å²) in [6.45, 7) is 4.35. The van der Waals surface area contributed by atoms with Crippen molar-refractivity contribution < 1.29 is 13.6 Å². The molecule has 0 saturated carbocycles. The van der Waals surface area contributed by atoms with E-state index in [0.29, 0.717) is 17.9 Å². The number of aromatic amines is 1. The van der Waals surface area contributed by atoms with Gasteiger partial charge >= 0.3 is 0 Å². The van der Waals surface area contributed by atoms with E-state index in [1.807, 2.05) is 37.4 Å². The number of carbonyl (C=O) groups excluding carboxylic acids is 1. The first kappa shape index (κ1) is 20.0. The van der Waals surface area contributed by atoms with Crippen LogP contribution in [0, 0.1) is 12.7 Å². The van der Waals surface area contributed by atoms with Gasteiger partial charge in [0.1, 0.15) is 11.6 Å². The quantitative estimate of drug-likeness (QED) is 0.421. The zero-order chi connectivity index (χ0) is 21.1. The molecule has 2 heterocycles. The molecule has 0 aliphatic heterocycles. The summed E-state index contributed by atoms with van der Waals surface area (Å²) in [6, 6.07) is 14.8. The van der Waals surface area contributed by atoms with E-state index in [-0.39, 0.29) is 18.1 Å². The Hall–Kier alpha value is -3.34. The van der Waals surface area contributed by atoms with Gasteiger partial charge in [0, 0.05) is 29.4 Å². The van der Waals surface area contributed by atoms with Crippen LogP contribution in [0.15, 0.2) is 65.4 Å². The Labute approximate surface area is 175 Å². The van der Waals surface area contributed by atoms with Gasteiger partial charge in [0.05, 0.1) is 12.8 Å². The molecule has 2 N–H and O–H groups in total. The van der Waals surface area contributed by atoms with Gasteiger partial charge in [0.15, 0.2) is 0 Å². The number of hydrogen-bond acceptors (Lipinski definition) is 2. The van der Waals surface area contributed by atoms with E-state index in [9.17, 15) is 9.18 Å². The molecule has 5 heteroatoms. The van der Waals surface area contributed by atoms with Gasteiger partial charge in [-0.05, 0) is 48.2 Å². The highest BCUT2D eigenvalue weighted by molar-refractivity contribution is 5.88. The molecular weight excluding hydrogens is 379 g/mol. The SMILES string of the molecule is CCc1cccc2c(C(CC(=O)NCc3ccco3)c3cc(C)ccc3F)c[nH]c12. The van der Waals surface area contributed by atoms with Gasteiger partial charge in [-0.15, -0.1) is 0 Å². The molecule has 2 aromatic carbocycles. The summed E-state index contributed by atoms with van der Waals surface area (Å²) >= 11 is 0. The molecule has 4 rings (SSSR count). The van der Waals surface area contributed by atoms with Crippen molar-refractivity contribution in [3.8, 4) is 0 Å². The zero-order valence-electron chi connectivity index (χ0n) is 17.2. The molecule has 0 aliphatic rings. The summed E-state index contributed by atoms with van der Waals surface area (Å²) in [5.74, 6) is -0.174. The molecule has 0 spiro atoms. The molecule has 0 bridgehead atoms. The molecule has 1 amide bonds. The Kier molecular flexibility index (Phi) is 5.70. The number of carbonyl (C=O) groups is 1. The van der Waals surface area contributed by atoms with Gasteiger partial charge < -0.3 is 14.7 Å². The normalized spacial score (nSPS) is 12.2. The van der Waals surface area contributed by atoms with Crippen LogP contribution in [0.1, 0.15) is 47.3 Å². The lowest BCUT2D eigenvalue weighted by Crippen LogP contribution is -2.25. The molecule has 0 saturated heterocycles. The standard InChI is InChI=1S/C25H25FN2O2/c1-3-17-6-4-8-19-22(15-28-25(17)19)20(21-12-16(2)9-10-23(21)26)13-24(29)27-14-18-7-5-11-30-18/h4-12,15,20,28H,3,13-14H2,1-2H3,(H,27,29). The van der Waals surface area contributed by atoms with Crippen molar-refractivity contribution in [2.45, 2.75) is 39.2 Å². The van der Waals surface area contributed by atoms with Crippen LogP contribution in [0.2, 0.25) is 0 Å². The number of hydrogen-bond donors (Lipinski definition) is 2. The Morgan fingerprint density at radius 3 is 2.80 bits per heavy atom. The number of nitrogens with one attached hydrogen (secondary N) is 2. The summed E-state index contributed by atoms with van der Waals surface area (Å²) in [4.78, 5) is 16.1. The highest BCUT2D eigenvalue weighted by Gasteiger charge is 2.24. The van der Waals surface area contributed by atoms with E-state index >= 15 is 0 Å². The number of aromatic nitrogens is 1. The minimum Gasteiger partial charge on any atom is -0.467 e. The van der Waals surface area contributed by atoms with E-state index in [4.69, 9.17) is 4.42 Å². The van der Waals surface area contributed by atoms with Gasteiger partial charge in [0.2, 0.25) is 5.91 Å². The molecule has 154 valence electrons. The summed E-state index contributed by atoms with van der Waals surface area (Å²) in [5.41, 5.74) is 4.67. The highest BCUT2D eigenvalue weighted by Crippen LogP contribution is 2.36. The van der Waals surface area contributed by atoms with E-state index in [2.05, 4.69) is 23.3 Å². The Balaban J connectivity index is 1.71. The molecule has 0 radical (unpaired) electrons. The van der Waals surface area contributed by atoms with Crippen LogP contribution >= 0.6 is 0 Å². The average molecular weight is 404 g/mol. The first-order valence-corrected chi connectivity index (χ1v) is 10.2. The summed E-state index contributed by atoms with van der Waals surface area (Å²) in [7, 11) is 0. The van der Waals surface area contributed by atoms with Crippen molar-refractivity contribution >= 4 is 16.8 Å². The molecule has 4 nitrogen and oxygen atoms in total. The molecule has 0 aliphatic carbocycles. The first-order valence-electron chi connectivity index (χ1n) is 10.2. The maximum Gasteiger partial charge on any atom is 0.221 e. The summed E-state index contributed by atoms with van der Waals surface area (Å²) < 4.78 is 20.1. The van der Waals surface area contributed by atoms with Crippen molar-refractivity contribution in [2.75, 3.05) is 0 Å². The third kappa shape index (κ3) is 4.01. The van der Waals surface area contributed by atoms with Crippen LogP contribution in [0.4, 0.5) is 4.39 Å². The van der Waals surface area contributed by atoms with Gasteiger partial charge in [-0.2, -0.15) is 0 Å².